The lowest BCUT2D eigenvalue weighted by atomic mass is 10.1. The van der Waals surface area contributed by atoms with E-state index < -0.39 is 5.97 Å². The van der Waals surface area contributed by atoms with Crippen molar-refractivity contribution in [1.82, 2.24) is 0 Å². The molecule has 0 atom stereocenters. The van der Waals surface area contributed by atoms with Crippen LogP contribution in [-0.4, -0.2) is 17.3 Å². The number of aliphatic imine (C=N–C) groups is 1. The van der Waals surface area contributed by atoms with E-state index in [4.69, 9.17) is 9.84 Å². The zero-order valence-corrected chi connectivity index (χ0v) is 17.3. The highest BCUT2D eigenvalue weighted by molar-refractivity contribution is 9.11. The minimum atomic E-state index is -0.947. The minimum absolute atomic E-state index is 0.249. The fraction of sp³-hybridized carbons (Fsp3) is 0.0476. The molecule has 136 valence electrons. The third kappa shape index (κ3) is 5.28. The molecule has 0 saturated carbocycles. The second-order valence-electron chi connectivity index (χ2n) is 5.69. The number of nitrogens with zero attached hydrogens (tertiary/aromatic N) is 1. The Morgan fingerprint density at radius 2 is 1.74 bits per heavy atom. The number of ether oxygens (including phenoxy) is 1. The van der Waals surface area contributed by atoms with Crippen LogP contribution in [-0.2, 0) is 6.61 Å². The molecule has 0 saturated heterocycles. The lowest BCUT2D eigenvalue weighted by Crippen LogP contribution is -2.01. The molecule has 0 fully saturated rings. The van der Waals surface area contributed by atoms with Gasteiger partial charge in [-0.2, -0.15) is 0 Å². The maximum atomic E-state index is 10.9. The lowest BCUT2D eigenvalue weighted by molar-refractivity contribution is 0.0697. The van der Waals surface area contributed by atoms with E-state index in [1.165, 1.54) is 0 Å². The van der Waals surface area contributed by atoms with Crippen molar-refractivity contribution in [1.29, 1.82) is 0 Å². The Bertz CT molecular complexity index is 971. The number of carboxylic acid groups (broad SMARTS) is 1. The van der Waals surface area contributed by atoms with Crippen LogP contribution >= 0.6 is 31.9 Å². The van der Waals surface area contributed by atoms with E-state index in [0.717, 1.165) is 25.8 Å². The molecule has 3 rings (SSSR count). The lowest BCUT2D eigenvalue weighted by Gasteiger charge is -2.12. The molecule has 0 aliphatic heterocycles. The summed E-state index contributed by atoms with van der Waals surface area (Å²) in [7, 11) is 0. The Labute approximate surface area is 173 Å². The third-order valence-electron chi connectivity index (χ3n) is 3.73. The van der Waals surface area contributed by atoms with Gasteiger partial charge in [-0.3, -0.25) is 4.99 Å². The van der Waals surface area contributed by atoms with Gasteiger partial charge in [0.05, 0.1) is 15.7 Å². The first kappa shape index (κ1) is 19.3. The molecule has 1 N–H and O–H groups in total. The van der Waals surface area contributed by atoms with Gasteiger partial charge >= 0.3 is 5.97 Å². The predicted octanol–water partition coefficient (Wildman–Crippen LogP) is 6.24. The second-order valence-corrected chi connectivity index (χ2v) is 7.46. The molecule has 0 heterocycles. The van der Waals surface area contributed by atoms with E-state index in [1.54, 1.807) is 30.5 Å². The number of para-hydroxylation sites is 1. The summed E-state index contributed by atoms with van der Waals surface area (Å²) in [6.45, 7) is 0.312. The van der Waals surface area contributed by atoms with E-state index in [9.17, 15) is 4.79 Å². The van der Waals surface area contributed by atoms with Crippen molar-refractivity contribution in [3.8, 4) is 5.75 Å². The fourth-order valence-electron chi connectivity index (χ4n) is 2.39. The standard InChI is InChI=1S/C21H15Br2NO3/c22-17-10-16(12-24-18-4-2-1-3-5-18)20(19(23)11-17)27-13-14-6-8-15(9-7-14)21(25)26/h1-12H,13H2,(H,25,26). The van der Waals surface area contributed by atoms with Crippen LogP contribution in [0.5, 0.6) is 5.75 Å². The largest absolute Gasteiger partial charge is 0.487 e. The maximum Gasteiger partial charge on any atom is 0.335 e. The first-order valence-electron chi connectivity index (χ1n) is 8.06. The van der Waals surface area contributed by atoms with Gasteiger partial charge in [-0.1, -0.05) is 46.3 Å². The smallest absolute Gasteiger partial charge is 0.335 e. The number of hydrogen-bond acceptors (Lipinski definition) is 3. The Morgan fingerprint density at radius 1 is 1.04 bits per heavy atom. The summed E-state index contributed by atoms with van der Waals surface area (Å²) < 4.78 is 7.70. The van der Waals surface area contributed by atoms with E-state index in [2.05, 4.69) is 36.9 Å². The highest BCUT2D eigenvalue weighted by Gasteiger charge is 2.10. The molecule has 4 nitrogen and oxygen atoms in total. The number of halogens is 2. The molecule has 0 aliphatic rings. The van der Waals surface area contributed by atoms with Crippen LogP contribution in [0.3, 0.4) is 0 Å². The van der Waals surface area contributed by atoms with Crippen LogP contribution in [0.2, 0.25) is 0 Å². The van der Waals surface area contributed by atoms with Crippen LogP contribution in [0.15, 0.2) is 80.7 Å². The van der Waals surface area contributed by atoms with Crippen molar-refractivity contribution in [2.75, 3.05) is 0 Å². The van der Waals surface area contributed by atoms with Crippen LogP contribution in [0.25, 0.3) is 0 Å². The zero-order chi connectivity index (χ0) is 19.2. The van der Waals surface area contributed by atoms with Crippen LogP contribution in [0, 0.1) is 0 Å². The number of carbonyl (C=O) groups is 1. The van der Waals surface area contributed by atoms with Gasteiger partial charge in [-0.25, -0.2) is 4.79 Å². The molecule has 0 bridgehead atoms. The van der Waals surface area contributed by atoms with Crippen molar-refractivity contribution < 1.29 is 14.6 Å². The SMILES string of the molecule is O=C(O)c1ccc(COc2c(Br)cc(Br)cc2C=Nc2ccccc2)cc1. The molecular formula is C21H15Br2NO3. The van der Waals surface area contributed by atoms with Crippen LogP contribution < -0.4 is 4.74 Å². The van der Waals surface area contributed by atoms with Crippen LogP contribution in [0.1, 0.15) is 21.5 Å². The highest BCUT2D eigenvalue weighted by Crippen LogP contribution is 2.33. The molecule has 0 aliphatic carbocycles. The van der Waals surface area contributed by atoms with Gasteiger partial charge in [0, 0.05) is 16.3 Å². The summed E-state index contributed by atoms with van der Waals surface area (Å²) in [6, 6.07) is 20.1. The summed E-state index contributed by atoms with van der Waals surface area (Å²) in [4.78, 5) is 15.4. The van der Waals surface area contributed by atoms with Gasteiger partial charge in [0.25, 0.3) is 0 Å². The van der Waals surface area contributed by atoms with Gasteiger partial charge in [0.15, 0.2) is 0 Å². The van der Waals surface area contributed by atoms with Gasteiger partial charge < -0.3 is 9.84 Å². The Balaban J connectivity index is 1.82. The van der Waals surface area contributed by atoms with Crippen molar-refractivity contribution >= 4 is 49.7 Å². The summed E-state index contributed by atoms with van der Waals surface area (Å²) in [5.41, 5.74) is 2.80. The molecule has 0 aromatic heterocycles. The van der Waals surface area contributed by atoms with E-state index in [-0.39, 0.29) is 5.56 Å². The molecular weight excluding hydrogens is 474 g/mol. The first-order chi connectivity index (χ1) is 13.0. The topological polar surface area (TPSA) is 58.9 Å². The average molecular weight is 489 g/mol. The molecule has 0 unspecified atom stereocenters. The highest BCUT2D eigenvalue weighted by atomic mass is 79.9. The fourth-order valence-corrected chi connectivity index (χ4v) is 3.76. The summed E-state index contributed by atoms with van der Waals surface area (Å²) >= 11 is 7.02. The van der Waals surface area contributed by atoms with Crippen molar-refractivity contribution in [3.05, 3.63) is 92.4 Å². The van der Waals surface area contributed by atoms with Gasteiger partial charge in [-0.05, 0) is 57.9 Å². The number of carboxylic acids is 1. The number of benzene rings is 3. The Kier molecular flexibility index (Phi) is 6.42. The second kappa shape index (κ2) is 8.97. The van der Waals surface area contributed by atoms with E-state index in [1.807, 2.05) is 42.5 Å². The number of rotatable bonds is 6. The van der Waals surface area contributed by atoms with Crippen molar-refractivity contribution in [2.24, 2.45) is 4.99 Å². The van der Waals surface area contributed by atoms with Gasteiger partial charge in [0.2, 0.25) is 0 Å². The number of hydrogen-bond donors (Lipinski definition) is 1. The first-order valence-corrected chi connectivity index (χ1v) is 9.65. The number of aromatic carboxylic acids is 1. The monoisotopic (exact) mass is 487 g/mol. The predicted molar refractivity (Wildman–Crippen MR) is 113 cm³/mol. The molecule has 3 aromatic carbocycles. The molecule has 0 radical (unpaired) electrons. The zero-order valence-electron chi connectivity index (χ0n) is 14.1. The normalized spacial score (nSPS) is 10.9. The minimum Gasteiger partial charge on any atom is -0.487 e. The molecule has 3 aromatic rings. The Morgan fingerprint density at radius 3 is 2.41 bits per heavy atom. The average Bonchev–Trinajstić information content (AvgIpc) is 2.66. The van der Waals surface area contributed by atoms with Crippen molar-refractivity contribution in [3.63, 3.8) is 0 Å². The summed E-state index contributed by atoms with van der Waals surface area (Å²) in [5.74, 6) is -0.280. The van der Waals surface area contributed by atoms with Crippen LogP contribution in [0.4, 0.5) is 5.69 Å². The van der Waals surface area contributed by atoms with Gasteiger partial charge in [-0.15, -0.1) is 0 Å². The maximum absolute atomic E-state index is 10.9. The molecule has 27 heavy (non-hydrogen) atoms. The van der Waals surface area contributed by atoms with E-state index in [0.29, 0.717) is 12.4 Å². The van der Waals surface area contributed by atoms with Crippen molar-refractivity contribution in [2.45, 2.75) is 6.61 Å². The molecule has 0 amide bonds. The molecule has 6 heteroatoms. The summed E-state index contributed by atoms with van der Waals surface area (Å²) in [6.07, 6.45) is 1.76. The quantitative estimate of drug-likeness (QED) is 0.418. The molecule has 0 spiro atoms. The summed E-state index contributed by atoms with van der Waals surface area (Å²) in [5, 5.41) is 8.98. The third-order valence-corrected chi connectivity index (χ3v) is 4.78. The Hall–Kier alpha value is -2.44. The van der Waals surface area contributed by atoms with E-state index >= 15 is 0 Å². The van der Waals surface area contributed by atoms with Gasteiger partial charge in [0.1, 0.15) is 12.4 Å².